The standard InChI is InChI=1S/C19H12F3N5O2S2/c1-27-9-16(14-4-2-12(19(20,21)22)6-11(14)8-23)15-5-3-13(7-17(15)27)31(28,29)26-18-24-10-25-30-18/h2-7,9-10H,1H3,(H,24,25,26). The van der Waals surface area contributed by atoms with Crippen LogP contribution in [0.25, 0.3) is 22.0 Å². The minimum Gasteiger partial charge on any atom is -0.350 e. The van der Waals surface area contributed by atoms with Gasteiger partial charge in [-0.1, -0.05) is 12.1 Å². The predicted octanol–water partition coefficient (Wildman–Crippen LogP) is 4.39. The molecule has 0 amide bonds. The number of fused-ring (bicyclic) bond motifs is 1. The molecule has 1 N–H and O–H groups in total. The van der Waals surface area contributed by atoms with Gasteiger partial charge in [0.1, 0.15) is 6.33 Å². The van der Waals surface area contributed by atoms with Gasteiger partial charge in [-0.15, -0.1) is 0 Å². The lowest BCUT2D eigenvalue weighted by atomic mass is 9.97. The Bertz CT molecular complexity index is 1440. The van der Waals surface area contributed by atoms with Crippen LogP contribution in [-0.2, 0) is 23.2 Å². The van der Waals surface area contributed by atoms with E-state index in [1.807, 2.05) is 6.07 Å². The fraction of sp³-hybridized carbons (Fsp3) is 0.105. The van der Waals surface area contributed by atoms with Crippen molar-refractivity contribution in [3.8, 4) is 17.2 Å². The number of hydrogen-bond acceptors (Lipinski definition) is 6. The van der Waals surface area contributed by atoms with Crippen LogP contribution in [0.5, 0.6) is 0 Å². The third-order valence-corrected chi connectivity index (χ3v) is 6.66. The summed E-state index contributed by atoms with van der Waals surface area (Å²) in [6.07, 6.45) is -1.69. The van der Waals surface area contributed by atoms with Crippen molar-refractivity contribution in [2.75, 3.05) is 4.72 Å². The van der Waals surface area contributed by atoms with Crippen LogP contribution in [-0.4, -0.2) is 22.3 Å². The predicted molar refractivity (Wildman–Crippen MR) is 109 cm³/mol. The molecule has 4 rings (SSSR count). The van der Waals surface area contributed by atoms with Crippen LogP contribution in [0.2, 0.25) is 0 Å². The van der Waals surface area contributed by atoms with Gasteiger partial charge >= 0.3 is 6.18 Å². The summed E-state index contributed by atoms with van der Waals surface area (Å²) in [5.41, 5.74) is 0.326. The van der Waals surface area contributed by atoms with Crippen LogP contribution >= 0.6 is 11.5 Å². The highest BCUT2D eigenvalue weighted by molar-refractivity contribution is 7.93. The first-order chi connectivity index (χ1) is 14.6. The van der Waals surface area contributed by atoms with Gasteiger partial charge < -0.3 is 4.57 Å². The lowest BCUT2D eigenvalue weighted by Gasteiger charge is -2.10. The fourth-order valence-corrected chi connectivity index (χ4v) is 4.87. The van der Waals surface area contributed by atoms with Crippen molar-refractivity contribution in [3.63, 3.8) is 0 Å². The Morgan fingerprint density at radius 2 is 1.94 bits per heavy atom. The molecule has 2 aromatic heterocycles. The Kier molecular flexibility index (Phi) is 4.95. The maximum Gasteiger partial charge on any atom is 0.416 e. The van der Waals surface area contributed by atoms with Crippen molar-refractivity contribution in [2.24, 2.45) is 7.05 Å². The van der Waals surface area contributed by atoms with Crippen molar-refractivity contribution in [2.45, 2.75) is 11.1 Å². The minimum absolute atomic E-state index is 0.0177. The number of nitrogens with one attached hydrogen (secondary N) is 1. The lowest BCUT2D eigenvalue weighted by Crippen LogP contribution is -2.12. The van der Waals surface area contributed by atoms with Crippen molar-refractivity contribution in [1.82, 2.24) is 13.9 Å². The number of anilines is 1. The molecule has 31 heavy (non-hydrogen) atoms. The maximum atomic E-state index is 13.0. The molecule has 7 nitrogen and oxygen atoms in total. The highest BCUT2D eigenvalue weighted by atomic mass is 32.2. The van der Waals surface area contributed by atoms with Gasteiger partial charge in [0.2, 0.25) is 5.13 Å². The van der Waals surface area contributed by atoms with E-state index in [-0.39, 0.29) is 15.6 Å². The first-order valence-electron chi connectivity index (χ1n) is 8.60. The molecule has 0 bridgehead atoms. The average molecular weight is 463 g/mol. The molecule has 2 heterocycles. The third-order valence-electron chi connectivity index (χ3n) is 4.61. The topological polar surface area (TPSA) is 101 Å². The molecule has 12 heteroatoms. The van der Waals surface area contributed by atoms with Crippen LogP contribution in [0.3, 0.4) is 0 Å². The van der Waals surface area contributed by atoms with Gasteiger partial charge in [0.05, 0.1) is 22.1 Å². The molecule has 0 atom stereocenters. The van der Waals surface area contributed by atoms with Gasteiger partial charge in [0.15, 0.2) is 0 Å². The normalized spacial score (nSPS) is 12.1. The summed E-state index contributed by atoms with van der Waals surface area (Å²) in [5.74, 6) is 0. The van der Waals surface area contributed by atoms with Gasteiger partial charge in [-0.25, -0.2) is 13.4 Å². The van der Waals surface area contributed by atoms with E-state index in [1.165, 1.54) is 24.5 Å². The minimum atomic E-state index is -4.56. The molecule has 4 aromatic rings. The second-order valence-electron chi connectivity index (χ2n) is 6.55. The maximum absolute atomic E-state index is 13.0. The van der Waals surface area contributed by atoms with Crippen molar-refractivity contribution >= 4 is 37.6 Å². The number of rotatable bonds is 4. The quantitative estimate of drug-likeness (QED) is 0.484. The van der Waals surface area contributed by atoms with Gasteiger partial charge in [0, 0.05) is 46.8 Å². The number of benzene rings is 2. The number of sulfonamides is 1. The van der Waals surface area contributed by atoms with E-state index in [1.54, 1.807) is 23.9 Å². The van der Waals surface area contributed by atoms with E-state index in [9.17, 15) is 26.9 Å². The molecule has 158 valence electrons. The van der Waals surface area contributed by atoms with Crippen LogP contribution in [0.4, 0.5) is 18.3 Å². The summed E-state index contributed by atoms with van der Waals surface area (Å²) in [5, 5.41) is 10.1. The van der Waals surface area contributed by atoms with E-state index < -0.39 is 21.8 Å². The zero-order valence-corrected chi connectivity index (χ0v) is 17.3. The van der Waals surface area contributed by atoms with Crippen molar-refractivity contribution < 1.29 is 21.6 Å². The van der Waals surface area contributed by atoms with E-state index in [2.05, 4.69) is 14.1 Å². The SMILES string of the molecule is Cn1cc(-c2ccc(C(F)(F)F)cc2C#N)c2ccc(S(=O)(=O)Nc3ncns3)cc21. The largest absolute Gasteiger partial charge is 0.416 e. The smallest absolute Gasteiger partial charge is 0.350 e. The number of hydrogen-bond donors (Lipinski definition) is 1. The molecule has 0 radical (unpaired) electrons. The number of aromatic nitrogens is 3. The summed E-state index contributed by atoms with van der Waals surface area (Å²) in [4.78, 5) is 3.78. The molecule has 2 aromatic carbocycles. The van der Waals surface area contributed by atoms with Gasteiger partial charge in [-0.05, 0) is 24.3 Å². The highest BCUT2D eigenvalue weighted by Crippen LogP contribution is 2.37. The molecule has 0 unspecified atom stereocenters. The fourth-order valence-electron chi connectivity index (χ4n) is 3.19. The second-order valence-corrected chi connectivity index (χ2v) is 9.02. The Labute approximate surface area is 178 Å². The average Bonchev–Trinajstić information content (AvgIpc) is 3.34. The number of nitrogens with zero attached hydrogens (tertiary/aromatic N) is 4. The first kappa shape index (κ1) is 20.8. The molecule has 0 aliphatic rings. The van der Waals surface area contributed by atoms with Crippen LogP contribution < -0.4 is 4.72 Å². The zero-order chi connectivity index (χ0) is 22.4. The first-order valence-corrected chi connectivity index (χ1v) is 10.9. The summed E-state index contributed by atoms with van der Waals surface area (Å²) in [6, 6.07) is 9.16. The van der Waals surface area contributed by atoms with Crippen LogP contribution in [0.1, 0.15) is 11.1 Å². The summed E-state index contributed by atoms with van der Waals surface area (Å²) < 4.78 is 72.0. The molecule has 0 fully saturated rings. The van der Waals surface area contributed by atoms with Gasteiger partial charge in [-0.2, -0.15) is 22.8 Å². The molecule has 0 aliphatic carbocycles. The number of nitriles is 1. The van der Waals surface area contributed by atoms with E-state index >= 15 is 0 Å². The number of halogens is 3. The number of alkyl halides is 3. The molecule has 0 aliphatic heterocycles. The second kappa shape index (κ2) is 7.36. The van der Waals surface area contributed by atoms with Crippen LogP contribution in [0.15, 0.2) is 53.8 Å². The molecule has 0 saturated carbocycles. The van der Waals surface area contributed by atoms with E-state index in [0.717, 1.165) is 23.7 Å². The molecule has 0 saturated heterocycles. The molecule has 0 spiro atoms. The highest BCUT2D eigenvalue weighted by Gasteiger charge is 2.31. The molecular formula is C19H12F3N5O2S2. The monoisotopic (exact) mass is 463 g/mol. The Morgan fingerprint density at radius 3 is 2.58 bits per heavy atom. The molecular weight excluding hydrogens is 451 g/mol. The van der Waals surface area contributed by atoms with E-state index in [0.29, 0.717) is 22.0 Å². The van der Waals surface area contributed by atoms with Crippen molar-refractivity contribution in [1.29, 1.82) is 5.26 Å². The van der Waals surface area contributed by atoms with E-state index in [4.69, 9.17) is 0 Å². The zero-order valence-electron chi connectivity index (χ0n) is 15.7. The summed E-state index contributed by atoms with van der Waals surface area (Å²) in [6.45, 7) is 0. The lowest BCUT2D eigenvalue weighted by molar-refractivity contribution is -0.137. The van der Waals surface area contributed by atoms with Gasteiger partial charge in [0.25, 0.3) is 10.0 Å². The summed E-state index contributed by atoms with van der Waals surface area (Å²) in [7, 11) is -2.24. The van der Waals surface area contributed by atoms with Gasteiger partial charge in [-0.3, -0.25) is 4.72 Å². The third kappa shape index (κ3) is 3.85. The number of aryl methyl sites for hydroxylation is 1. The Hall–Kier alpha value is -3.43. The summed E-state index contributed by atoms with van der Waals surface area (Å²) >= 11 is 0.892. The van der Waals surface area contributed by atoms with Crippen LogP contribution in [0, 0.1) is 11.3 Å². The van der Waals surface area contributed by atoms with Crippen molar-refractivity contribution in [3.05, 3.63) is 60.0 Å². The Balaban J connectivity index is 1.81. The Morgan fingerprint density at radius 1 is 1.16 bits per heavy atom.